The van der Waals surface area contributed by atoms with E-state index in [0.29, 0.717) is 22.6 Å². The maximum Gasteiger partial charge on any atom is 0.259 e. The molecular formula is C22H19NO3. The number of carbonyl (C=O) groups is 2. The van der Waals surface area contributed by atoms with Crippen molar-refractivity contribution >= 4 is 17.4 Å². The van der Waals surface area contributed by atoms with Gasteiger partial charge in [-0.2, -0.15) is 0 Å². The molecule has 4 heteroatoms. The third-order valence-electron chi connectivity index (χ3n) is 4.08. The van der Waals surface area contributed by atoms with Crippen LogP contribution in [0.3, 0.4) is 0 Å². The van der Waals surface area contributed by atoms with Gasteiger partial charge < -0.3 is 10.1 Å². The molecule has 130 valence electrons. The van der Waals surface area contributed by atoms with Crippen molar-refractivity contribution in [2.24, 2.45) is 0 Å². The summed E-state index contributed by atoms with van der Waals surface area (Å²) >= 11 is 0. The Kier molecular flexibility index (Phi) is 5.13. The first-order valence-corrected chi connectivity index (χ1v) is 8.24. The van der Waals surface area contributed by atoms with E-state index in [0.717, 1.165) is 11.1 Å². The quantitative estimate of drug-likeness (QED) is 0.675. The van der Waals surface area contributed by atoms with Gasteiger partial charge in [0.2, 0.25) is 0 Å². The lowest BCUT2D eigenvalue weighted by molar-refractivity contribution is 0.101. The van der Waals surface area contributed by atoms with E-state index >= 15 is 0 Å². The molecule has 0 unspecified atom stereocenters. The Morgan fingerprint density at radius 3 is 2.31 bits per heavy atom. The van der Waals surface area contributed by atoms with Crippen molar-refractivity contribution in [2.75, 3.05) is 12.4 Å². The van der Waals surface area contributed by atoms with Gasteiger partial charge in [-0.1, -0.05) is 48.5 Å². The van der Waals surface area contributed by atoms with Crippen molar-refractivity contribution in [1.29, 1.82) is 0 Å². The van der Waals surface area contributed by atoms with E-state index in [1.54, 1.807) is 36.4 Å². The predicted octanol–water partition coefficient (Wildman–Crippen LogP) is 4.82. The molecule has 0 aliphatic rings. The number of ketones is 1. The second kappa shape index (κ2) is 7.66. The second-order valence-corrected chi connectivity index (χ2v) is 5.87. The van der Waals surface area contributed by atoms with E-state index < -0.39 is 0 Å². The van der Waals surface area contributed by atoms with Crippen molar-refractivity contribution in [3.8, 4) is 16.9 Å². The summed E-state index contributed by atoms with van der Waals surface area (Å²) in [5.74, 6) is 0.148. The van der Waals surface area contributed by atoms with Crippen LogP contribution in [0.15, 0.2) is 72.8 Å². The van der Waals surface area contributed by atoms with Gasteiger partial charge in [0.15, 0.2) is 5.78 Å². The Balaban J connectivity index is 1.93. The number of amides is 1. The summed E-state index contributed by atoms with van der Waals surface area (Å²) in [6.07, 6.45) is 0. The topological polar surface area (TPSA) is 55.4 Å². The summed E-state index contributed by atoms with van der Waals surface area (Å²) < 4.78 is 5.34. The molecule has 0 aliphatic carbocycles. The molecule has 0 heterocycles. The molecule has 0 aliphatic heterocycles. The highest BCUT2D eigenvalue weighted by Gasteiger charge is 2.14. The molecular weight excluding hydrogens is 326 g/mol. The molecule has 1 amide bonds. The molecule has 0 atom stereocenters. The second-order valence-electron chi connectivity index (χ2n) is 5.87. The fourth-order valence-corrected chi connectivity index (χ4v) is 2.71. The smallest absolute Gasteiger partial charge is 0.259 e. The van der Waals surface area contributed by atoms with Crippen molar-refractivity contribution in [1.82, 2.24) is 0 Å². The summed E-state index contributed by atoms with van der Waals surface area (Å²) in [5.41, 5.74) is 3.49. The van der Waals surface area contributed by atoms with Gasteiger partial charge in [-0.15, -0.1) is 0 Å². The lowest BCUT2D eigenvalue weighted by Gasteiger charge is -2.12. The Bertz CT molecular complexity index is 949. The van der Waals surface area contributed by atoms with Crippen LogP contribution in [0.1, 0.15) is 27.6 Å². The molecule has 0 spiro atoms. The van der Waals surface area contributed by atoms with Gasteiger partial charge in [-0.25, -0.2) is 0 Å². The van der Waals surface area contributed by atoms with Crippen LogP contribution < -0.4 is 10.1 Å². The van der Waals surface area contributed by atoms with Gasteiger partial charge in [-0.3, -0.25) is 9.59 Å². The first-order valence-electron chi connectivity index (χ1n) is 8.24. The zero-order valence-corrected chi connectivity index (χ0v) is 14.7. The van der Waals surface area contributed by atoms with Crippen LogP contribution in [0.5, 0.6) is 5.75 Å². The summed E-state index contributed by atoms with van der Waals surface area (Å²) in [6, 6.07) is 22.2. The van der Waals surface area contributed by atoms with Crippen LogP contribution >= 0.6 is 0 Å². The van der Waals surface area contributed by atoms with Crippen LogP contribution in [0, 0.1) is 0 Å². The van der Waals surface area contributed by atoms with Crippen LogP contribution in [0.4, 0.5) is 5.69 Å². The fourth-order valence-electron chi connectivity index (χ4n) is 2.71. The molecule has 3 aromatic carbocycles. The summed E-state index contributed by atoms with van der Waals surface area (Å²) in [4.78, 5) is 24.3. The summed E-state index contributed by atoms with van der Waals surface area (Å²) in [5, 5.41) is 2.84. The van der Waals surface area contributed by atoms with Gasteiger partial charge in [0, 0.05) is 11.3 Å². The summed E-state index contributed by atoms with van der Waals surface area (Å²) in [7, 11) is 1.53. The molecule has 3 rings (SSSR count). The maximum atomic E-state index is 12.8. The molecule has 26 heavy (non-hydrogen) atoms. The average molecular weight is 345 g/mol. The Morgan fingerprint density at radius 1 is 0.846 bits per heavy atom. The zero-order chi connectivity index (χ0) is 18.5. The molecule has 0 fully saturated rings. The zero-order valence-electron chi connectivity index (χ0n) is 14.7. The normalized spacial score (nSPS) is 10.2. The predicted molar refractivity (Wildman–Crippen MR) is 103 cm³/mol. The number of carbonyl (C=O) groups excluding carboxylic acids is 2. The number of benzene rings is 3. The maximum absolute atomic E-state index is 12.8. The molecule has 0 bridgehead atoms. The lowest BCUT2D eigenvalue weighted by atomic mass is 10.0. The monoisotopic (exact) mass is 345 g/mol. The van der Waals surface area contributed by atoms with E-state index in [4.69, 9.17) is 4.74 Å². The highest BCUT2D eigenvalue weighted by atomic mass is 16.5. The van der Waals surface area contributed by atoms with Crippen LogP contribution in [0.25, 0.3) is 11.1 Å². The molecule has 0 radical (unpaired) electrons. The SMILES string of the molecule is COc1ccc(-c2ccccc2)cc1C(=O)Nc1cccc(C(C)=O)c1. The molecule has 0 aromatic heterocycles. The van der Waals surface area contributed by atoms with E-state index in [1.807, 2.05) is 36.4 Å². The van der Waals surface area contributed by atoms with E-state index in [9.17, 15) is 9.59 Å². The van der Waals surface area contributed by atoms with Crippen molar-refractivity contribution in [3.05, 3.63) is 83.9 Å². The molecule has 3 aromatic rings. The minimum Gasteiger partial charge on any atom is -0.496 e. The first kappa shape index (κ1) is 17.4. The number of hydrogen-bond acceptors (Lipinski definition) is 3. The van der Waals surface area contributed by atoms with Crippen molar-refractivity contribution < 1.29 is 14.3 Å². The fraction of sp³-hybridized carbons (Fsp3) is 0.0909. The number of anilines is 1. The number of hydrogen-bond donors (Lipinski definition) is 1. The summed E-state index contributed by atoms with van der Waals surface area (Å²) in [6.45, 7) is 1.49. The molecule has 0 saturated heterocycles. The van der Waals surface area contributed by atoms with Gasteiger partial charge in [0.25, 0.3) is 5.91 Å². The van der Waals surface area contributed by atoms with Crippen molar-refractivity contribution in [3.63, 3.8) is 0 Å². The van der Waals surface area contributed by atoms with E-state index in [-0.39, 0.29) is 11.7 Å². The van der Waals surface area contributed by atoms with Crippen LogP contribution in [-0.4, -0.2) is 18.8 Å². The Morgan fingerprint density at radius 2 is 1.62 bits per heavy atom. The number of rotatable bonds is 5. The van der Waals surface area contributed by atoms with Crippen LogP contribution in [-0.2, 0) is 0 Å². The molecule has 4 nitrogen and oxygen atoms in total. The van der Waals surface area contributed by atoms with E-state index in [1.165, 1.54) is 14.0 Å². The van der Waals surface area contributed by atoms with Crippen LogP contribution in [0.2, 0.25) is 0 Å². The number of methoxy groups -OCH3 is 1. The Hall–Kier alpha value is -3.40. The number of Topliss-reactive ketones (excluding diaryl/α,β-unsaturated/α-hetero) is 1. The molecule has 1 N–H and O–H groups in total. The number of ether oxygens (including phenoxy) is 1. The third kappa shape index (κ3) is 3.81. The average Bonchev–Trinajstić information content (AvgIpc) is 2.68. The highest BCUT2D eigenvalue weighted by molar-refractivity contribution is 6.07. The van der Waals surface area contributed by atoms with Gasteiger partial charge in [-0.05, 0) is 42.3 Å². The lowest BCUT2D eigenvalue weighted by Crippen LogP contribution is -2.13. The minimum absolute atomic E-state index is 0.0512. The largest absolute Gasteiger partial charge is 0.496 e. The third-order valence-corrected chi connectivity index (χ3v) is 4.08. The van der Waals surface area contributed by atoms with Gasteiger partial charge in [0.05, 0.1) is 12.7 Å². The van der Waals surface area contributed by atoms with Crippen molar-refractivity contribution in [2.45, 2.75) is 6.92 Å². The molecule has 0 saturated carbocycles. The van der Waals surface area contributed by atoms with Gasteiger partial charge in [0.1, 0.15) is 5.75 Å². The minimum atomic E-state index is -0.291. The standard InChI is InChI=1S/C22H19NO3/c1-15(24)17-9-6-10-19(13-17)23-22(25)20-14-18(11-12-21(20)26-2)16-7-4-3-5-8-16/h3-14H,1-2H3,(H,23,25). The van der Waals surface area contributed by atoms with E-state index in [2.05, 4.69) is 5.32 Å². The number of nitrogens with one attached hydrogen (secondary N) is 1. The Labute approximate surface area is 152 Å². The van der Waals surface area contributed by atoms with Gasteiger partial charge >= 0.3 is 0 Å². The first-order chi connectivity index (χ1) is 12.6. The highest BCUT2D eigenvalue weighted by Crippen LogP contribution is 2.27.